The number of aromatic hydroxyl groups is 1. The van der Waals surface area contributed by atoms with Gasteiger partial charge in [-0.1, -0.05) is 90.5 Å². The number of aromatic amines is 1. The van der Waals surface area contributed by atoms with Gasteiger partial charge in [-0.3, -0.25) is 4.79 Å². The molecule has 0 saturated carbocycles. The van der Waals surface area contributed by atoms with Gasteiger partial charge in [0.25, 0.3) is 5.91 Å². The number of hydrogen-bond donors (Lipinski definition) is 2. The lowest BCUT2D eigenvalue weighted by Crippen LogP contribution is -1.99. The molecule has 0 atom stereocenters. The number of fused-ring (bicyclic) bond motifs is 1. The van der Waals surface area contributed by atoms with E-state index in [9.17, 15) is 9.90 Å². The maximum absolute atomic E-state index is 13.0. The van der Waals surface area contributed by atoms with Gasteiger partial charge in [0.2, 0.25) is 0 Å². The largest absolute Gasteiger partial charge is 0.494 e. The minimum atomic E-state index is -0.351. The number of H-pyrrole nitrogens is 1. The number of carbonyl (C=O) groups excluding carboxylic acids is 1. The summed E-state index contributed by atoms with van der Waals surface area (Å²) < 4.78 is 1.18. The summed E-state index contributed by atoms with van der Waals surface area (Å²) in [6, 6.07) is 32.5. The molecule has 0 saturated heterocycles. The Balaban J connectivity index is 1.33. The molecular formula is C31H21IN2O2. The van der Waals surface area contributed by atoms with Gasteiger partial charge in [-0.2, -0.15) is 0 Å². The Morgan fingerprint density at radius 3 is 1.64 bits per heavy atom. The summed E-state index contributed by atoms with van der Waals surface area (Å²) in [5, 5.41) is 10.8. The average molecular weight is 580 g/mol. The number of carbonyl (C=O) groups is 1. The highest BCUT2D eigenvalue weighted by molar-refractivity contribution is 14.1. The number of amides is 1. The third kappa shape index (κ3) is 3.95. The molecule has 0 unspecified atom stereocenters. The number of nitrogens with zero attached hydrogens (tertiary/aromatic N) is 1. The summed E-state index contributed by atoms with van der Waals surface area (Å²) >= 11 is 2.29. The quantitative estimate of drug-likeness (QED) is 0.215. The SMILES string of the molecule is Cc1ccc(-c2ccc(C3=NC(=O)c4c(-c5ccc(-c6ccc(I)cc6)cc5)[nH]c(O)c43)cc2)cc1. The van der Waals surface area contributed by atoms with E-state index in [1.807, 2.05) is 48.5 Å². The lowest BCUT2D eigenvalue weighted by atomic mass is 9.97. The van der Waals surface area contributed by atoms with Crippen LogP contribution in [0, 0.1) is 10.5 Å². The molecule has 0 fully saturated rings. The molecule has 0 bridgehead atoms. The highest BCUT2D eigenvalue weighted by Gasteiger charge is 2.33. The van der Waals surface area contributed by atoms with Crippen LogP contribution in [0.4, 0.5) is 0 Å². The minimum Gasteiger partial charge on any atom is -0.494 e. The number of nitrogens with one attached hydrogen (secondary N) is 1. The predicted molar refractivity (Wildman–Crippen MR) is 153 cm³/mol. The van der Waals surface area contributed by atoms with Crippen LogP contribution in [0.5, 0.6) is 5.88 Å². The molecule has 1 aliphatic rings. The van der Waals surface area contributed by atoms with Gasteiger partial charge in [-0.25, -0.2) is 4.99 Å². The van der Waals surface area contributed by atoms with Gasteiger partial charge >= 0.3 is 0 Å². The van der Waals surface area contributed by atoms with Crippen LogP contribution < -0.4 is 0 Å². The molecule has 0 spiro atoms. The van der Waals surface area contributed by atoms with E-state index in [0.717, 1.165) is 33.4 Å². The highest BCUT2D eigenvalue weighted by Crippen LogP contribution is 2.38. The third-order valence-corrected chi connectivity index (χ3v) is 7.26. The van der Waals surface area contributed by atoms with Crippen LogP contribution in [0.3, 0.4) is 0 Å². The van der Waals surface area contributed by atoms with Crippen LogP contribution in [-0.4, -0.2) is 21.7 Å². The van der Waals surface area contributed by atoms with Crippen molar-refractivity contribution in [3.8, 4) is 39.4 Å². The summed E-state index contributed by atoms with van der Waals surface area (Å²) in [6.07, 6.45) is 0. The van der Waals surface area contributed by atoms with Crippen molar-refractivity contribution in [1.82, 2.24) is 4.98 Å². The second-order valence-corrected chi connectivity index (χ2v) is 10.1. The zero-order valence-corrected chi connectivity index (χ0v) is 21.6. The van der Waals surface area contributed by atoms with Gasteiger partial charge in [0.05, 0.1) is 22.5 Å². The van der Waals surface area contributed by atoms with Crippen molar-refractivity contribution in [3.05, 3.63) is 123 Å². The zero-order chi connectivity index (χ0) is 24.8. The molecule has 2 heterocycles. The van der Waals surface area contributed by atoms with Gasteiger partial charge in [0.1, 0.15) is 0 Å². The molecule has 0 aliphatic carbocycles. The first-order valence-corrected chi connectivity index (χ1v) is 12.7. The van der Waals surface area contributed by atoms with Gasteiger partial charge in [0.15, 0.2) is 5.88 Å². The van der Waals surface area contributed by atoms with Crippen molar-refractivity contribution in [2.24, 2.45) is 4.99 Å². The lowest BCUT2D eigenvalue weighted by Gasteiger charge is -2.05. The monoisotopic (exact) mass is 580 g/mol. The number of aromatic nitrogens is 1. The molecule has 1 aliphatic heterocycles. The Hall–Kier alpha value is -3.97. The van der Waals surface area contributed by atoms with E-state index < -0.39 is 0 Å². The Kier molecular flexibility index (Phi) is 5.57. The number of aryl methyl sites for hydroxylation is 1. The first-order chi connectivity index (χ1) is 17.5. The molecule has 0 radical (unpaired) electrons. The zero-order valence-electron chi connectivity index (χ0n) is 19.4. The standard InChI is InChI=1S/C31H21IN2O2/c1-18-2-4-19(5-3-18)20-6-10-23(11-7-20)28-26-27(31(36)33-28)29(34-30(26)35)24-12-8-21(9-13-24)22-14-16-25(32)17-15-22/h2-17,34-35H,1H3. The van der Waals surface area contributed by atoms with Crippen molar-refractivity contribution >= 4 is 34.2 Å². The molecule has 174 valence electrons. The van der Waals surface area contributed by atoms with Crippen molar-refractivity contribution in [2.75, 3.05) is 0 Å². The summed E-state index contributed by atoms with van der Waals surface area (Å²) in [5.74, 6) is -0.398. The smallest absolute Gasteiger partial charge is 0.280 e. The third-order valence-electron chi connectivity index (χ3n) is 6.54. The van der Waals surface area contributed by atoms with Crippen molar-refractivity contribution in [3.63, 3.8) is 0 Å². The van der Waals surface area contributed by atoms with Gasteiger partial charge in [-0.15, -0.1) is 0 Å². The molecule has 5 aromatic rings. The maximum Gasteiger partial charge on any atom is 0.280 e. The maximum atomic E-state index is 13.0. The number of hydrogen-bond acceptors (Lipinski definition) is 2. The van der Waals surface area contributed by atoms with E-state index in [1.54, 1.807) is 0 Å². The predicted octanol–water partition coefficient (Wildman–Crippen LogP) is 7.63. The van der Waals surface area contributed by atoms with E-state index >= 15 is 0 Å². The van der Waals surface area contributed by atoms with Gasteiger partial charge in [-0.05, 0) is 69.5 Å². The minimum absolute atomic E-state index is 0.0473. The topological polar surface area (TPSA) is 65.5 Å². The number of rotatable bonds is 4. The van der Waals surface area contributed by atoms with E-state index in [1.165, 1.54) is 9.13 Å². The fraction of sp³-hybridized carbons (Fsp3) is 0.0323. The lowest BCUT2D eigenvalue weighted by molar-refractivity contribution is 0.101. The second-order valence-electron chi connectivity index (χ2n) is 8.89. The first-order valence-electron chi connectivity index (χ1n) is 11.6. The molecule has 2 N–H and O–H groups in total. The summed E-state index contributed by atoms with van der Waals surface area (Å²) in [6.45, 7) is 2.06. The van der Waals surface area contributed by atoms with E-state index in [0.29, 0.717) is 22.5 Å². The second kappa shape index (κ2) is 8.91. The molecule has 1 aromatic heterocycles. The Morgan fingerprint density at radius 2 is 1.08 bits per heavy atom. The fourth-order valence-electron chi connectivity index (χ4n) is 4.61. The number of halogens is 1. The van der Waals surface area contributed by atoms with Crippen molar-refractivity contribution < 1.29 is 9.90 Å². The van der Waals surface area contributed by atoms with Crippen LogP contribution in [-0.2, 0) is 0 Å². The van der Waals surface area contributed by atoms with Crippen molar-refractivity contribution in [1.29, 1.82) is 0 Å². The molecule has 1 amide bonds. The summed E-state index contributed by atoms with van der Waals surface area (Å²) in [7, 11) is 0. The van der Waals surface area contributed by atoms with Crippen LogP contribution in [0.15, 0.2) is 102 Å². The molecule has 5 heteroatoms. The van der Waals surface area contributed by atoms with Crippen LogP contribution in [0.1, 0.15) is 27.0 Å². The molecule has 4 aromatic carbocycles. The van der Waals surface area contributed by atoms with E-state index in [-0.39, 0.29) is 11.8 Å². The summed E-state index contributed by atoms with van der Waals surface area (Å²) in [5.41, 5.74) is 9.16. The molecule has 4 nitrogen and oxygen atoms in total. The molecule has 6 rings (SSSR count). The number of aliphatic imine (C=N–C) groups is 1. The Bertz CT molecular complexity index is 1630. The van der Waals surface area contributed by atoms with Crippen LogP contribution in [0.25, 0.3) is 33.5 Å². The average Bonchev–Trinajstić information content (AvgIpc) is 3.43. The van der Waals surface area contributed by atoms with Crippen molar-refractivity contribution in [2.45, 2.75) is 6.92 Å². The fourth-order valence-corrected chi connectivity index (χ4v) is 4.97. The number of benzene rings is 4. The van der Waals surface area contributed by atoms with Gasteiger partial charge < -0.3 is 10.1 Å². The van der Waals surface area contributed by atoms with Crippen LogP contribution >= 0.6 is 22.6 Å². The van der Waals surface area contributed by atoms with Crippen LogP contribution in [0.2, 0.25) is 0 Å². The van der Waals surface area contributed by atoms with E-state index in [2.05, 4.69) is 88.0 Å². The first kappa shape index (κ1) is 22.5. The highest BCUT2D eigenvalue weighted by atomic mass is 127. The molecular weight excluding hydrogens is 559 g/mol. The van der Waals surface area contributed by atoms with E-state index in [4.69, 9.17) is 0 Å². The normalized spacial score (nSPS) is 12.5. The summed E-state index contributed by atoms with van der Waals surface area (Å²) in [4.78, 5) is 20.3. The molecule has 36 heavy (non-hydrogen) atoms. The Labute approximate surface area is 222 Å². The van der Waals surface area contributed by atoms with Gasteiger partial charge in [0, 0.05) is 9.13 Å². The Morgan fingerprint density at radius 1 is 0.639 bits per heavy atom.